The number of rotatable bonds is 35. The number of carbonyl (C=O) groups excluding carboxylic acids is 2. The van der Waals surface area contributed by atoms with Crippen molar-refractivity contribution in [1.82, 2.24) is 0 Å². The van der Waals surface area contributed by atoms with Crippen LogP contribution in [0, 0.1) is 0 Å². The molecule has 0 aliphatic carbocycles. The van der Waals surface area contributed by atoms with Crippen LogP contribution in [0.25, 0.3) is 0 Å². The summed E-state index contributed by atoms with van der Waals surface area (Å²) in [5.74, 6) is -0.863. The minimum Gasteiger partial charge on any atom is -0.462 e. The lowest BCUT2D eigenvalue weighted by Gasteiger charge is -2.10. The lowest BCUT2D eigenvalue weighted by atomic mass is 10.0. The molecule has 0 amide bonds. The van der Waals surface area contributed by atoms with Crippen LogP contribution in [0.3, 0.4) is 0 Å². The van der Waals surface area contributed by atoms with Gasteiger partial charge in [0.2, 0.25) is 0 Å². The number of hydrogen-bond acceptors (Lipinski definition) is 4. The molecule has 4 nitrogen and oxygen atoms in total. The van der Waals surface area contributed by atoms with E-state index in [0.29, 0.717) is 24.3 Å². The van der Waals surface area contributed by atoms with Crippen LogP contribution in [0.1, 0.15) is 227 Å². The molecule has 0 fully saturated rings. The zero-order valence-electron chi connectivity index (χ0n) is 31.7. The molecular weight excluding hydrogens is 592 g/mol. The second-order valence-electron chi connectivity index (χ2n) is 14.1. The summed E-state index contributed by atoms with van der Waals surface area (Å²) in [6.07, 6.45) is 43.2. The van der Waals surface area contributed by atoms with E-state index in [1.54, 1.807) is 24.3 Å². The molecule has 0 bridgehead atoms. The molecule has 0 heterocycles. The Morgan fingerprint density at radius 3 is 1.00 bits per heavy atom. The first-order valence-electron chi connectivity index (χ1n) is 20.8. The highest BCUT2D eigenvalue weighted by Crippen LogP contribution is 2.16. The monoisotopic (exact) mass is 669 g/mol. The summed E-state index contributed by atoms with van der Waals surface area (Å²) < 4.78 is 11.0. The van der Waals surface area contributed by atoms with Crippen LogP contribution in [0.2, 0.25) is 0 Å². The van der Waals surface area contributed by atoms with Crippen LogP contribution in [0.5, 0.6) is 0 Å². The number of unbranched alkanes of at least 4 members (excludes halogenated alkanes) is 27. The van der Waals surface area contributed by atoms with Gasteiger partial charge in [-0.15, -0.1) is 0 Å². The van der Waals surface area contributed by atoms with Crippen molar-refractivity contribution >= 4 is 11.9 Å². The highest BCUT2D eigenvalue weighted by Gasteiger charge is 2.18. The van der Waals surface area contributed by atoms with Gasteiger partial charge >= 0.3 is 11.9 Å². The van der Waals surface area contributed by atoms with Crippen molar-refractivity contribution in [3.8, 4) is 0 Å². The fourth-order valence-corrected chi connectivity index (χ4v) is 6.32. The van der Waals surface area contributed by atoms with Crippen molar-refractivity contribution in [2.45, 2.75) is 206 Å². The minimum absolute atomic E-state index is 0.305. The van der Waals surface area contributed by atoms with Crippen LogP contribution in [0.4, 0.5) is 0 Å². The predicted octanol–water partition coefficient (Wildman–Crippen LogP) is 14.3. The predicted molar refractivity (Wildman–Crippen MR) is 206 cm³/mol. The zero-order chi connectivity index (χ0) is 34.6. The van der Waals surface area contributed by atoms with E-state index in [0.717, 1.165) is 25.7 Å². The van der Waals surface area contributed by atoms with Crippen LogP contribution in [0.15, 0.2) is 36.4 Å². The van der Waals surface area contributed by atoms with Gasteiger partial charge in [0, 0.05) is 0 Å². The molecule has 4 heteroatoms. The third kappa shape index (κ3) is 26.8. The van der Waals surface area contributed by atoms with E-state index in [1.165, 1.54) is 167 Å². The zero-order valence-corrected chi connectivity index (χ0v) is 31.7. The average molecular weight is 669 g/mol. The van der Waals surface area contributed by atoms with E-state index in [1.807, 2.05) is 0 Å². The lowest BCUT2D eigenvalue weighted by molar-refractivity contribution is 0.0450. The lowest BCUT2D eigenvalue weighted by Crippen LogP contribution is -2.15. The standard InChI is InChI=1S/C44H76O4/c1-3-5-7-9-11-13-15-17-19-21-23-25-27-29-31-35-39-47-43(45)41-37-33-34-38-42(41)44(46)48-40-36-32-30-28-26-24-22-20-18-16-14-12-10-8-6-4-2/h17,19,33-34,37-38H,3-16,18,20-32,35-36,39-40H2,1-2H3/b19-17-. The van der Waals surface area contributed by atoms with Gasteiger partial charge in [-0.3, -0.25) is 0 Å². The molecule has 1 aromatic rings. The van der Waals surface area contributed by atoms with E-state index in [-0.39, 0.29) is 0 Å². The van der Waals surface area contributed by atoms with E-state index in [9.17, 15) is 9.59 Å². The summed E-state index contributed by atoms with van der Waals surface area (Å²) in [6.45, 7) is 5.34. The summed E-state index contributed by atoms with van der Waals surface area (Å²) in [5, 5.41) is 0. The van der Waals surface area contributed by atoms with Crippen LogP contribution in [-0.2, 0) is 9.47 Å². The minimum atomic E-state index is -0.433. The molecule has 276 valence electrons. The van der Waals surface area contributed by atoms with E-state index in [2.05, 4.69) is 26.0 Å². The summed E-state index contributed by atoms with van der Waals surface area (Å²) in [5.41, 5.74) is 0.610. The Labute approximate surface area is 297 Å². The van der Waals surface area contributed by atoms with Crippen molar-refractivity contribution in [1.29, 1.82) is 0 Å². The quantitative estimate of drug-likeness (QED) is 0.0410. The summed E-state index contributed by atoms with van der Waals surface area (Å²) in [7, 11) is 0. The van der Waals surface area contributed by atoms with E-state index < -0.39 is 11.9 Å². The number of allylic oxidation sites excluding steroid dienone is 2. The summed E-state index contributed by atoms with van der Waals surface area (Å²) >= 11 is 0. The smallest absolute Gasteiger partial charge is 0.339 e. The SMILES string of the molecule is CCCCCCCC/C=C\CCCCCCCCOC(=O)c1ccccc1C(=O)OCCCCCCCCCCCCCCCCCC. The van der Waals surface area contributed by atoms with Gasteiger partial charge in [-0.1, -0.05) is 192 Å². The van der Waals surface area contributed by atoms with E-state index in [4.69, 9.17) is 9.47 Å². The second kappa shape index (κ2) is 34.8. The number of carbonyl (C=O) groups is 2. The fraction of sp³-hybridized carbons (Fsp3) is 0.773. The highest BCUT2D eigenvalue weighted by molar-refractivity contribution is 6.03. The van der Waals surface area contributed by atoms with Crippen molar-refractivity contribution in [3.05, 3.63) is 47.5 Å². The van der Waals surface area contributed by atoms with Crippen molar-refractivity contribution in [2.75, 3.05) is 13.2 Å². The number of ether oxygens (including phenoxy) is 2. The van der Waals surface area contributed by atoms with E-state index >= 15 is 0 Å². The molecule has 0 aromatic heterocycles. The maximum absolute atomic E-state index is 12.7. The Bertz CT molecular complexity index is 892. The molecule has 0 N–H and O–H groups in total. The third-order valence-corrected chi connectivity index (χ3v) is 9.49. The van der Waals surface area contributed by atoms with Crippen molar-refractivity contribution in [3.63, 3.8) is 0 Å². The van der Waals surface area contributed by atoms with Gasteiger partial charge in [-0.05, 0) is 50.7 Å². The van der Waals surface area contributed by atoms with Gasteiger partial charge in [-0.25, -0.2) is 9.59 Å². The first-order chi connectivity index (χ1) is 23.7. The Kier molecular flexibility index (Phi) is 31.8. The number of hydrogen-bond donors (Lipinski definition) is 0. The molecular formula is C44H76O4. The molecule has 0 saturated carbocycles. The van der Waals surface area contributed by atoms with Crippen molar-refractivity contribution < 1.29 is 19.1 Å². The Hall–Kier alpha value is -2.10. The number of benzene rings is 1. The normalized spacial score (nSPS) is 11.4. The van der Waals surface area contributed by atoms with Gasteiger partial charge in [0.15, 0.2) is 0 Å². The van der Waals surface area contributed by atoms with Gasteiger partial charge in [0.25, 0.3) is 0 Å². The molecule has 1 rings (SSSR count). The number of esters is 2. The van der Waals surface area contributed by atoms with Gasteiger partial charge in [0.1, 0.15) is 0 Å². The van der Waals surface area contributed by atoms with Crippen molar-refractivity contribution in [2.24, 2.45) is 0 Å². The average Bonchev–Trinajstić information content (AvgIpc) is 3.10. The molecule has 0 aliphatic rings. The van der Waals surface area contributed by atoms with Gasteiger partial charge in [0.05, 0.1) is 24.3 Å². The second-order valence-corrected chi connectivity index (χ2v) is 14.1. The highest BCUT2D eigenvalue weighted by atomic mass is 16.5. The van der Waals surface area contributed by atoms with Crippen LogP contribution < -0.4 is 0 Å². The third-order valence-electron chi connectivity index (χ3n) is 9.49. The largest absolute Gasteiger partial charge is 0.462 e. The maximum Gasteiger partial charge on any atom is 0.339 e. The molecule has 0 unspecified atom stereocenters. The maximum atomic E-state index is 12.7. The molecule has 0 atom stereocenters. The molecule has 48 heavy (non-hydrogen) atoms. The molecule has 0 radical (unpaired) electrons. The molecule has 0 saturated heterocycles. The Morgan fingerprint density at radius 2 is 0.688 bits per heavy atom. The van der Waals surface area contributed by atoms with Gasteiger partial charge in [-0.2, -0.15) is 0 Å². The molecule has 0 spiro atoms. The van der Waals surface area contributed by atoms with Gasteiger partial charge < -0.3 is 9.47 Å². The molecule has 0 aliphatic heterocycles. The first kappa shape index (κ1) is 43.9. The van der Waals surface area contributed by atoms with Crippen LogP contribution in [-0.4, -0.2) is 25.2 Å². The Morgan fingerprint density at radius 1 is 0.417 bits per heavy atom. The summed E-state index contributed by atoms with van der Waals surface area (Å²) in [4.78, 5) is 25.5. The topological polar surface area (TPSA) is 52.6 Å². The summed E-state index contributed by atoms with van der Waals surface area (Å²) in [6, 6.07) is 6.87. The Balaban J connectivity index is 2.01. The first-order valence-corrected chi connectivity index (χ1v) is 20.8. The fourth-order valence-electron chi connectivity index (χ4n) is 6.32. The van der Waals surface area contributed by atoms with Crippen LogP contribution >= 0.6 is 0 Å². The molecule has 1 aromatic carbocycles.